The summed E-state index contributed by atoms with van der Waals surface area (Å²) in [5.41, 5.74) is 1.95. The molecule has 0 saturated heterocycles. The van der Waals surface area contributed by atoms with E-state index in [-0.39, 0.29) is 0 Å². The number of rotatable bonds is 6. The number of aliphatic hydroxyl groups is 1. The van der Waals surface area contributed by atoms with Gasteiger partial charge in [0.1, 0.15) is 5.75 Å². The Morgan fingerprint density at radius 2 is 1.94 bits per heavy atom. The molecule has 0 radical (unpaired) electrons. The standard InChI is InChI=1S/C15H25NO2/c1-6-10-16(11(2)3)13-8-7-9-14(18-5)15(13)12(4)17/h7-9,11-12,17H,6,10H2,1-5H3/t12-/m0/s1. The van der Waals surface area contributed by atoms with Crippen LogP contribution in [-0.2, 0) is 0 Å². The number of benzene rings is 1. The summed E-state index contributed by atoms with van der Waals surface area (Å²) < 4.78 is 5.37. The van der Waals surface area contributed by atoms with E-state index in [0.29, 0.717) is 6.04 Å². The minimum absolute atomic E-state index is 0.398. The zero-order valence-corrected chi connectivity index (χ0v) is 12.1. The Morgan fingerprint density at radius 3 is 2.39 bits per heavy atom. The maximum absolute atomic E-state index is 10.0. The highest BCUT2D eigenvalue weighted by molar-refractivity contribution is 5.60. The van der Waals surface area contributed by atoms with Crippen LogP contribution < -0.4 is 9.64 Å². The molecule has 0 heterocycles. The van der Waals surface area contributed by atoms with Crippen molar-refractivity contribution in [3.05, 3.63) is 23.8 Å². The Hall–Kier alpha value is -1.22. The highest BCUT2D eigenvalue weighted by Crippen LogP contribution is 2.35. The molecule has 0 bridgehead atoms. The molecule has 1 N–H and O–H groups in total. The maximum atomic E-state index is 10.0. The molecule has 0 aliphatic carbocycles. The lowest BCUT2D eigenvalue weighted by Gasteiger charge is -2.32. The van der Waals surface area contributed by atoms with Crippen molar-refractivity contribution in [2.24, 2.45) is 0 Å². The third-order valence-electron chi connectivity index (χ3n) is 3.08. The van der Waals surface area contributed by atoms with Crippen LogP contribution in [0.15, 0.2) is 18.2 Å². The lowest BCUT2D eigenvalue weighted by atomic mass is 10.0. The van der Waals surface area contributed by atoms with Gasteiger partial charge in [-0.2, -0.15) is 0 Å². The lowest BCUT2D eigenvalue weighted by molar-refractivity contribution is 0.194. The molecule has 102 valence electrons. The van der Waals surface area contributed by atoms with Crippen LogP contribution in [0.5, 0.6) is 5.75 Å². The normalized spacial score (nSPS) is 12.6. The van der Waals surface area contributed by atoms with Crippen LogP contribution in [0.3, 0.4) is 0 Å². The first-order valence-corrected chi connectivity index (χ1v) is 6.64. The van der Waals surface area contributed by atoms with E-state index in [9.17, 15) is 5.11 Å². The summed E-state index contributed by atoms with van der Waals surface area (Å²) in [6, 6.07) is 6.33. The molecular formula is C15H25NO2. The summed E-state index contributed by atoms with van der Waals surface area (Å²) in [6.07, 6.45) is 0.545. The van der Waals surface area contributed by atoms with E-state index in [1.54, 1.807) is 14.0 Å². The van der Waals surface area contributed by atoms with Gasteiger partial charge in [0.25, 0.3) is 0 Å². The van der Waals surface area contributed by atoms with Crippen molar-refractivity contribution >= 4 is 5.69 Å². The Morgan fingerprint density at radius 1 is 1.28 bits per heavy atom. The van der Waals surface area contributed by atoms with Gasteiger partial charge in [0, 0.05) is 23.8 Å². The Kier molecular flexibility index (Phi) is 5.48. The van der Waals surface area contributed by atoms with Crippen LogP contribution >= 0.6 is 0 Å². The summed E-state index contributed by atoms with van der Waals surface area (Å²) >= 11 is 0. The Bertz CT molecular complexity index is 375. The topological polar surface area (TPSA) is 32.7 Å². The van der Waals surface area contributed by atoms with Crippen molar-refractivity contribution in [1.82, 2.24) is 0 Å². The zero-order valence-electron chi connectivity index (χ0n) is 12.1. The minimum Gasteiger partial charge on any atom is -0.496 e. The SMILES string of the molecule is CCCN(c1cccc(OC)c1[C@H](C)O)C(C)C. The van der Waals surface area contributed by atoms with Crippen LogP contribution in [0.25, 0.3) is 0 Å². The van der Waals surface area contributed by atoms with E-state index < -0.39 is 6.10 Å². The van der Waals surface area contributed by atoms with Crippen molar-refractivity contribution < 1.29 is 9.84 Å². The van der Waals surface area contributed by atoms with Crippen molar-refractivity contribution in [3.8, 4) is 5.75 Å². The van der Waals surface area contributed by atoms with Gasteiger partial charge in [-0.25, -0.2) is 0 Å². The molecule has 0 saturated carbocycles. The molecule has 1 rings (SSSR count). The number of aliphatic hydroxyl groups excluding tert-OH is 1. The predicted octanol–water partition coefficient (Wildman–Crippen LogP) is 3.37. The smallest absolute Gasteiger partial charge is 0.126 e. The van der Waals surface area contributed by atoms with E-state index in [0.717, 1.165) is 30.0 Å². The molecule has 0 fully saturated rings. The first-order valence-electron chi connectivity index (χ1n) is 6.64. The van der Waals surface area contributed by atoms with Gasteiger partial charge in [-0.15, -0.1) is 0 Å². The molecule has 0 unspecified atom stereocenters. The van der Waals surface area contributed by atoms with Crippen molar-refractivity contribution in [2.45, 2.75) is 46.3 Å². The van der Waals surface area contributed by atoms with Crippen LogP contribution in [0.1, 0.15) is 45.8 Å². The van der Waals surface area contributed by atoms with E-state index in [2.05, 4.69) is 31.7 Å². The fraction of sp³-hybridized carbons (Fsp3) is 0.600. The molecule has 3 nitrogen and oxygen atoms in total. The van der Waals surface area contributed by atoms with Crippen molar-refractivity contribution in [3.63, 3.8) is 0 Å². The molecule has 1 aromatic rings. The third kappa shape index (κ3) is 3.16. The molecule has 0 aromatic heterocycles. The summed E-state index contributed by atoms with van der Waals surface area (Å²) in [5.74, 6) is 0.754. The van der Waals surface area contributed by atoms with E-state index in [4.69, 9.17) is 4.74 Å². The van der Waals surface area contributed by atoms with Gasteiger partial charge in [-0.05, 0) is 39.3 Å². The fourth-order valence-electron chi connectivity index (χ4n) is 2.28. The number of anilines is 1. The molecule has 1 aromatic carbocycles. The quantitative estimate of drug-likeness (QED) is 0.841. The second kappa shape index (κ2) is 6.64. The molecule has 0 aliphatic rings. The van der Waals surface area contributed by atoms with E-state index in [1.807, 2.05) is 12.1 Å². The first-order chi connectivity index (χ1) is 8.52. The largest absolute Gasteiger partial charge is 0.496 e. The fourth-order valence-corrected chi connectivity index (χ4v) is 2.28. The minimum atomic E-state index is -0.533. The third-order valence-corrected chi connectivity index (χ3v) is 3.08. The Balaban J connectivity index is 3.28. The predicted molar refractivity (Wildman–Crippen MR) is 76.4 cm³/mol. The molecule has 1 atom stereocenters. The number of hydrogen-bond acceptors (Lipinski definition) is 3. The number of ether oxygens (including phenoxy) is 1. The second-order valence-electron chi connectivity index (χ2n) is 4.86. The molecule has 18 heavy (non-hydrogen) atoms. The molecular weight excluding hydrogens is 226 g/mol. The summed E-state index contributed by atoms with van der Waals surface area (Å²) in [5, 5.41) is 10.0. The van der Waals surface area contributed by atoms with E-state index >= 15 is 0 Å². The number of methoxy groups -OCH3 is 1. The average Bonchev–Trinajstić information content (AvgIpc) is 2.34. The van der Waals surface area contributed by atoms with Gasteiger partial charge in [-0.1, -0.05) is 13.0 Å². The highest BCUT2D eigenvalue weighted by atomic mass is 16.5. The number of nitrogens with zero attached hydrogens (tertiary/aromatic N) is 1. The van der Waals surface area contributed by atoms with Gasteiger partial charge < -0.3 is 14.7 Å². The summed E-state index contributed by atoms with van der Waals surface area (Å²) in [6.45, 7) is 9.26. The average molecular weight is 251 g/mol. The maximum Gasteiger partial charge on any atom is 0.126 e. The molecule has 0 amide bonds. The van der Waals surface area contributed by atoms with Gasteiger partial charge >= 0.3 is 0 Å². The van der Waals surface area contributed by atoms with Crippen LogP contribution in [0, 0.1) is 0 Å². The van der Waals surface area contributed by atoms with Crippen molar-refractivity contribution in [2.75, 3.05) is 18.6 Å². The Labute approximate surface area is 110 Å². The highest BCUT2D eigenvalue weighted by Gasteiger charge is 2.19. The van der Waals surface area contributed by atoms with Crippen LogP contribution in [0.2, 0.25) is 0 Å². The molecule has 0 spiro atoms. The monoisotopic (exact) mass is 251 g/mol. The van der Waals surface area contributed by atoms with E-state index in [1.165, 1.54) is 0 Å². The number of hydrogen-bond donors (Lipinski definition) is 1. The zero-order chi connectivity index (χ0) is 13.7. The molecule has 0 aliphatic heterocycles. The van der Waals surface area contributed by atoms with Crippen molar-refractivity contribution in [1.29, 1.82) is 0 Å². The van der Waals surface area contributed by atoms with Crippen LogP contribution in [-0.4, -0.2) is 24.8 Å². The summed E-state index contributed by atoms with van der Waals surface area (Å²) in [4.78, 5) is 2.31. The van der Waals surface area contributed by atoms with Crippen LogP contribution in [0.4, 0.5) is 5.69 Å². The molecule has 3 heteroatoms. The van der Waals surface area contributed by atoms with Gasteiger partial charge in [0.15, 0.2) is 0 Å². The van der Waals surface area contributed by atoms with Gasteiger partial charge in [0.2, 0.25) is 0 Å². The second-order valence-corrected chi connectivity index (χ2v) is 4.86. The summed E-state index contributed by atoms with van der Waals surface area (Å²) in [7, 11) is 1.64. The lowest BCUT2D eigenvalue weighted by Crippen LogP contribution is -2.32. The first kappa shape index (κ1) is 14.8. The van der Waals surface area contributed by atoms with Gasteiger partial charge in [-0.3, -0.25) is 0 Å². The van der Waals surface area contributed by atoms with Gasteiger partial charge in [0.05, 0.1) is 13.2 Å².